The summed E-state index contributed by atoms with van der Waals surface area (Å²) in [5.74, 6) is 0. The molecular formula is C20H14N2. The maximum absolute atomic E-state index is 4.53. The second kappa shape index (κ2) is 5.41. The van der Waals surface area contributed by atoms with E-state index in [1.165, 1.54) is 5.56 Å². The molecule has 0 saturated heterocycles. The van der Waals surface area contributed by atoms with Crippen molar-refractivity contribution >= 4 is 11.0 Å². The monoisotopic (exact) mass is 282 g/mol. The van der Waals surface area contributed by atoms with Crippen LogP contribution in [0.15, 0.2) is 85.2 Å². The van der Waals surface area contributed by atoms with E-state index in [0.717, 1.165) is 27.7 Å². The average molecular weight is 282 g/mol. The predicted octanol–water partition coefficient (Wildman–Crippen LogP) is 4.96. The Bertz CT molecular complexity index is 916. The van der Waals surface area contributed by atoms with Gasteiger partial charge in [0.2, 0.25) is 0 Å². The summed E-state index contributed by atoms with van der Waals surface area (Å²) in [6.45, 7) is 0. The van der Waals surface area contributed by atoms with Crippen LogP contribution in [0, 0.1) is 0 Å². The molecule has 4 aromatic rings. The van der Waals surface area contributed by atoms with Crippen LogP contribution >= 0.6 is 0 Å². The Morgan fingerprint density at radius 2 is 1.18 bits per heavy atom. The van der Waals surface area contributed by atoms with Crippen molar-refractivity contribution in [3.05, 3.63) is 85.2 Å². The molecule has 0 atom stereocenters. The molecule has 0 N–H and O–H groups in total. The van der Waals surface area contributed by atoms with Crippen LogP contribution in [0.1, 0.15) is 0 Å². The number of aromatic nitrogens is 2. The molecule has 0 unspecified atom stereocenters. The molecule has 0 bridgehead atoms. The third kappa shape index (κ3) is 2.25. The standard InChI is InChI=1S/C20H14N2/c1-3-7-15(8-4-1)17-13-18(16-9-5-2-6-10-16)20-19(14-17)21-11-12-22-20/h1-14H. The molecule has 2 nitrogen and oxygen atoms in total. The van der Waals surface area contributed by atoms with Crippen molar-refractivity contribution in [2.45, 2.75) is 0 Å². The van der Waals surface area contributed by atoms with Crippen LogP contribution in [0.2, 0.25) is 0 Å². The van der Waals surface area contributed by atoms with E-state index >= 15 is 0 Å². The fraction of sp³-hybridized carbons (Fsp3) is 0. The number of hydrogen-bond donors (Lipinski definition) is 0. The van der Waals surface area contributed by atoms with Gasteiger partial charge in [-0.15, -0.1) is 0 Å². The highest BCUT2D eigenvalue weighted by Gasteiger charge is 2.09. The van der Waals surface area contributed by atoms with Crippen molar-refractivity contribution in [3.63, 3.8) is 0 Å². The van der Waals surface area contributed by atoms with Crippen LogP contribution in [0.3, 0.4) is 0 Å². The largest absolute Gasteiger partial charge is 0.253 e. The second-order valence-electron chi connectivity index (χ2n) is 5.18. The van der Waals surface area contributed by atoms with Crippen molar-refractivity contribution in [3.8, 4) is 22.3 Å². The van der Waals surface area contributed by atoms with Crippen LogP contribution in [0.4, 0.5) is 0 Å². The fourth-order valence-electron chi connectivity index (χ4n) is 2.71. The van der Waals surface area contributed by atoms with Crippen LogP contribution in [0.25, 0.3) is 33.3 Å². The van der Waals surface area contributed by atoms with Gasteiger partial charge in [-0.1, -0.05) is 60.7 Å². The number of hydrogen-bond acceptors (Lipinski definition) is 2. The zero-order chi connectivity index (χ0) is 14.8. The van der Waals surface area contributed by atoms with Gasteiger partial charge in [0.1, 0.15) is 0 Å². The van der Waals surface area contributed by atoms with Gasteiger partial charge < -0.3 is 0 Å². The fourth-order valence-corrected chi connectivity index (χ4v) is 2.71. The number of rotatable bonds is 2. The van der Waals surface area contributed by atoms with Gasteiger partial charge in [-0.25, -0.2) is 0 Å². The van der Waals surface area contributed by atoms with E-state index in [9.17, 15) is 0 Å². The van der Waals surface area contributed by atoms with Gasteiger partial charge >= 0.3 is 0 Å². The summed E-state index contributed by atoms with van der Waals surface area (Å²) in [6.07, 6.45) is 3.49. The molecule has 0 fully saturated rings. The zero-order valence-electron chi connectivity index (χ0n) is 12.0. The first-order chi connectivity index (χ1) is 10.9. The van der Waals surface area contributed by atoms with E-state index in [1.54, 1.807) is 12.4 Å². The summed E-state index contributed by atoms with van der Waals surface area (Å²) in [5, 5.41) is 0. The minimum atomic E-state index is 0.919. The van der Waals surface area contributed by atoms with Gasteiger partial charge in [0, 0.05) is 18.0 Å². The number of nitrogens with zero attached hydrogens (tertiary/aromatic N) is 2. The smallest absolute Gasteiger partial charge is 0.0965 e. The SMILES string of the molecule is c1ccc(-c2cc(-c3ccccc3)c3nccnc3c2)cc1. The van der Waals surface area contributed by atoms with Crippen LogP contribution < -0.4 is 0 Å². The molecule has 104 valence electrons. The molecule has 0 aliphatic rings. The minimum Gasteiger partial charge on any atom is -0.253 e. The lowest BCUT2D eigenvalue weighted by Crippen LogP contribution is -1.89. The highest BCUT2D eigenvalue weighted by atomic mass is 14.8. The first-order valence-corrected chi connectivity index (χ1v) is 7.27. The van der Waals surface area contributed by atoms with Crippen LogP contribution in [-0.4, -0.2) is 9.97 Å². The van der Waals surface area contributed by atoms with Crippen molar-refractivity contribution in [1.29, 1.82) is 0 Å². The van der Waals surface area contributed by atoms with Crippen molar-refractivity contribution in [2.75, 3.05) is 0 Å². The van der Waals surface area contributed by atoms with Gasteiger partial charge in [-0.3, -0.25) is 9.97 Å². The lowest BCUT2D eigenvalue weighted by molar-refractivity contribution is 1.29. The highest BCUT2D eigenvalue weighted by Crippen LogP contribution is 2.31. The maximum Gasteiger partial charge on any atom is 0.0965 e. The quantitative estimate of drug-likeness (QED) is 0.519. The van der Waals surface area contributed by atoms with E-state index < -0.39 is 0 Å². The minimum absolute atomic E-state index is 0.919. The molecule has 3 aromatic carbocycles. The molecule has 2 heteroatoms. The van der Waals surface area contributed by atoms with Gasteiger partial charge in [-0.05, 0) is 28.8 Å². The molecule has 0 amide bonds. The first kappa shape index (κ1) is 12.7. The van der Waals surface area contributed by atoms with Crippen molar-refractivity contribution < 1.29 is 0 Å². The molecule has 4 rings (SSSR count). The van der Waals surface area contributed by atoms with E-state index in [4.69, 9.17) is 0 Å². The van der Waals surface area contributed by atoms with Gasteiger partial charge in [-0.2, -0.15) is 0 Å². The zero-order valence-corrected chi connectivity index (χ0v) is 12.0. The Balaban J connectivity index is 2.02. The van der Waals surface area contributed by atoms with Crippen LogP contribution in [-0.2, 0) is 0 Å². The predicted molar refractivity (Wildman–Crippen MR) is 90.4 cm³/mol. The number of benzene rings is 3. The molecular weight excluding hydrogens is 268 g/mol. The lowest BCUT2D eigenvalue weighted by atomic mass is 9.97. The highest BCUT2D eigenvalue weighted by molar-refractivity contribution is 5.95. The average Bonchev–Trinajstić information content (AvgIpc) is 2.62. The molecule has 0 spiro atoms. The Kier molecular flexibility index (Phi) is 3.13. The summed E-state index contributed by atoms with van der Waals surface area (Å²) in [4.78, 5) is 9.02. The molecule has 1 heterocycles. The Hall–Kier alpha value is -3.00. The summed E-state index contributed by atoms with van der Waals surface area (Å²) in [7, 11) is 0. The van der Waals surface area contributed by atoms with E-state index in [-0.39, 0.29) is 0 Å². The summed E-state index contributed by atoms with van der Waals surface area (Å²) < 4.78 is 0. The van der Waals surface area contributed by atoms with Crippen molar-refractivity contribution in [2.24, 2.45) is 0 Å². The first-order valence-electron chi connectivity index (χ1n) is 7.27. The molecule has 22 heavy (non-hydrogen) atoms. The Morgan fingerprint density at radius 1 is 0.545 bits per heavy atom. The summed E-state index contributed by atoms with van der Waals surface area (Å²) >= 11 is 0. The van der Waals surface area contributed by atoms with Gasteiger partial charge in [0.15, 0.2) is 0 Å². The van der Waals surface area contributed by atoms with E-state index in [2.05, 4.69) is 58.5 Å². The molecule has 0 radical (unpaired) electrons. The maximum atomic E-state index is 4.53. The van der Waals surface area contributed by atoms with E-state index in [0.29, 0.717) is 0 Å². The summed E-state index contributed by atoms with van der Waals surface area (Å²) in [6, 6.07) is 25.0. The van der Waals surface area contributed by atoms with Crippen molar-refractivity contribution in [1.82, 2.24) is 9.97 Å². The molecule has 1 aromatic heterocycles. The summed E-state index contributed by atoms with van der Waals surface area (Å²) in [5.41, 5.74) is 6.48. The number of fused-ring (bicyclic) bond motifs is 1. The normalized spacial score (nSPS) is 10.7. The third-order valence-electron chi connectivity index (χ3n) is 3.77. The van der Waals surface area contributed by atoms with Crippen LogP contribution in [0.5, 0.6) is 0 Å². The molecule has 0 aliphatic heterocycles. The topological polar surface area (TPSA) is 25.8 Å². The Labute approximate surface area is 129 Å². The van der Waals surface area contributed by atoms with Gasteiger partial charge in [0.05, 0.1) is 11.0 Å². The Morgan fingerprint density at radius 3 is 1.91 bits per heavy atom. The lowest BCUT2D eigenvalue weighted by Gasteiger charge is -2.09. The molecule has 0 saturated carbocycles. The third-order valence-corrected chi connectivity index (χ3v) is 3.77. The molecule has 0 aliphatic carbocycles. The van der Waals surface area contributed by atoms with E-state index in [1.807, 2.05) is 24.3 Å². The second-order valence-corrected chi connectivity index (χ2v) is 5.18. The van der Waals surface area contributed by atoms with Gasteiger partial charge in [0.25, 0.3) is 0 Å².